The standard InChI is InChI=1S/C24H27ClN4O7S/c25-17-2-1-3-18(15-17)27-10-12-28(13-11-27)37(35,36)19-4-6-21-16(14-19)8-9-29(21)24(34)26-20(23(32)33)5-7-22(30)31/h1-4,6,14-15,20H,5,7-13H2,(H,26,34)(H,30,31)(H,32,33)/t20-/m0/s1. The van der Waals surface area contributed by atoms with Gasteiger partial charge >= 0.3 is 18.0 Å². The molecule has 37 heavy (non-hydrogen) atoms. The van der Waals surface area contributed by atoms with Gasteiger partial charge in [0.2, 0.25) is 10.0 Å². The van der Waals surface area contributed by atoms with Crippen LogP contribution in [0.1, 0.15) is 18.4 Å². The van der Waals surface area contributed by atoms with Crippen LogP contribution in [0.15, 0.2) is 47.4 Å². The van der Waals surface area contributed by atoms with Crippen molar-refractivity contribution in [1.29, 1.82) is 0 Å². The maximum absolute atomic E-state index is 13.3. The Morgan fingerprint density at radius 3 is 2.38 bits per heavy atom. The number of anilines is 2. The molecular weight excluding hydrogens is 524 g/mol. The van der Waals surface area contributed by atoms with Crippen LogP contribution in [0, 0.1) is 0 Å². The fourth-order valence-electron chi connectivity index (χ4n) is 4.51. The molecule has 2 aliphatic rings. The number of carboxylic acids is 2. The molecule has 1 fully saturated rings. The lowest BCUT2D eigenvalue weighted by Gasteiger charge is -2.35. The molecule has 0 radical (unpaired) electrons. The zero-order valence-corrected chi connectivity index (χ0v) is 21.4. The third-order valence-electron chi connectivity index (χ3n) is 6.48. The molecule has 3 N–H and O–H groups in total. The van der Waals surface area contributed by atoms with Crippen molar-refractivity contribution in [2.75, 3.05) is 42.5 Å². The summed E-state index contributed by atoms with van der Waals surface area (Å²) in [5.41, 5.74) is 2.09. The molecule has 0 bridgehead atoms. The second-order valence-corrected chi connectivity index (χ2v) is 11.2. The summed E-state index contributed by atoms with van der Waals surface area (Å²) in [6, 6.07) is 9.94. The van der Waals surface area contributed by atoms with Gasteiger partial charge in [0.05, 0.1) is 4.90 Å². The molecule has 13 heteroatoms. The minimum atomic E-state index is -3.75. The third-order valence-corrected chi connectivity index (χ3v) is 8.61. The lowest BCUT2D eigenvalue weighted by atomic mass is 10.1. The SMILES string of the molecule is O=C(O)CC[C@H](NC(=O)N1CCc2cc(S(=O)(=O)N3CCN(c4cccc(Cl)c4)CC3)ccc21)C(=O)O. The smallest absolute Gasteiger partial charge is 0.326 e. The zero-order chi connectivity index (χ0) is 26.7. The number of sulfonamides is 1. The van der Waals surface area contributed by atoms with Crippen molar-refractivity contribution in [3.63, 3.8) is 0 Å². The highest BCUT2D eigenvalue weighted by Gasteiger charge is 2.32. The van der Waals surface area contributed by atoms with Crippen LogP contribution in [-0.2, 0) is 26.0 Å². The van der Waals surface area contributed by atoms with Gasteiger partial charge in [-0.2, -0.15) is 4.31 Å². The molecule has 0 aromatic heterocycles. The van der Waals surface area contributed by atoms with Crippen molar-refractivity contribution >= 4 is 51.0 Å². The number of carbonyl (C=O) groups is 3. The molecule has 2 aliphatic heterocycles. The van der Waals surface area contributed by atoms with Crippen molar-refractivity contribution < 1.29 is 33.0 Å². The highest BCUT2D eigenvalue weighted by Crippen LogP contribution is 2.32. The first kappa shape index (κ1) is 26.7. The first-order valence-corrected chi connectivity index (χ1v) is 13.5. The summed E-state index contributed by atoms with van der Waals surface area (Å²) < 4.78 is 28.1. The van der Waals surface area contributed by atoms with Gasteiger partial charge in [0.1, 0.15) is 6.04 Å². The molecule has 0 aliphatic carbocycles. The Morgan fingerprint density at radius 2 is 1.73 bits per heavy atom. The van der Waals surface area contributed by atoms with Crippen molar-refractivity contribution in [2.24, 2.45) is 0 Å². The van der Waals surface area contributed by atoms with E-state index in [4.69, 9.17) is 16.7 Å². The summed E-state index contributed by atoms with van der Waals surface area (Å²) in [5.74, 6) is -2.49. The summed E-state index contributed by atoms with van der Waals surface area (Å²) in [6.45, 7) is 1.91. The lowest BCUT2D eigenvalue weighted by Crippen LogP contribution is -2.48. The number of amides is 2. The number of urea groups is 1. The van der Waals surface area contributed by atoms with Gasteiger partial charge in [0, 0.05) is 55.5 Å². The van der Waals surface area contributed by atoms with Crippen LogP contribution in [0.3, 0.4) is 0 Å². The summed E-state index contributed by atoms with van der Waals surface area (Å²) in [7, 11) is -3.75. The molecule has 0 spiro atoms. The third kappa shape index (κ3) is 5.97. The molecule has 198 valence electrons. The van der Waals surface area contributed by atoms with E-state index in [-0.39, 0.29) is 17.9 Å². The van der Waals surface area contributed by atoms with Crippen LogP contribution >= 0.6 is 11.6 Å². The van der Waals surface area contributed by atoms with E-state index in [9.17, 15) is 27.9 Å². The summed E-state index contributed by atoms with van der Waals surface area (Å²) in [5, 5.41) is 21.1. The average Bonchev–Trinajstić information content (AvgIpc) is 3.30. The minimum Gasteiger partial charge on any atom is -0.481 e. The highest BCUT2D eigenvalue weighted by atomic mass is 35.5. The quantitative estimate of drug-likeness (QED) is 0.453. The minimum absolute atomic E-state index is 0.134. The number of nitrogens with one attached hydrogen (secondary N) is 1. The Kier molecular flexibility index (Phi) is 7.90. The topological polar surface area (TPSA) is 148 Å². The number of fused-ring (bicyclic) bond motifs is 1. The predicted molar refractivity (Wildman–Crippen MR) is 137 cm³/mol. The predicted octanol–water partition coefficient (Wildman–Crippen LogP) is 2.24. The van der Waals surface area contributed by atoms with Crippen molar-refractivity contribution in [3.05, 3.63) is 53.1 Å². The highest BCUT2D eigenvalue weighted by molar-refractivity contribution is 7.89. The second kappa shape index (κ2) is 11.0. The van der Waals surface area contributed by atoms with E-state index < -0.39 is 40.5 Å². The van der Waals surface area contributed by atoms with Crippen LogP contribution in [-0.4, -0.2) is 79.7 Å². The summed E-state index contributed by atoms with van der Waals surface area (Å²) in [4.78, 5) is 38.5. The van der Waals surface area contributed by atoms with Gasteiger partial charge in [0.15, 0.2) is 0 Å². The fraction of sp³-hybridized carbons (Fsp3) is 0.375. The van der Waals surface area contributed by atoms with E-state index >= 15 is 0 Å². The van der Waals surface area contributed by atoms with Crippen LogP contribution < -0.4 is 15.1 Å². The average molecular weight is 551 g/mol. The molecule has 0 unspecified atom stereocenters. The van der Waals surface area contributed by atoms with Gasteiger partial charge in [0.25, 0.3) is 0 Å². The molecule has 2 amide bonds. The number of hydrogen-bond acceptors (Lipinski definition) is 6. The Labute approximate surface area is 219 Å². The number of rotatable bonds is 8. The summed E-state index contributed by atoms with van der Waals surface area (Å²) >= 11 is 6.08. The van der Waals surface area contributed by atoms with Crippen LogP contribution in [0.5, 0.6) is 0 Å². The number of benzene rings is 2. The summed E-state index contributed by atoms with van der Waals surface area (Å²) in [6.07, 6.45) is -0.247. The largest absolute Gasteiger partial charge is 0.481 e. The molecule has 2 aromatic rings. The normalized spacial score (nSPS) is 16.8. The Morgan fingerprint density at radius 1 is 1.00 bits per heavy atom. The molecule has 1 atom stereocenters. The van der Waals surface area contributed by atoms with Gasteiger partial charge in [-0.1, -0.05) is 17.7 Å². The van der Waals surface area contributed by atoms with Gasteiger partial charge < -0.3 is 20.4 Å². The number of carboxylic acid groups (broad SMARTS) is 2. The Bertz CT molecular complexity index is 1310. The van der Waals surface area contributed by atoms with Crippen LogP contribution in [0.2, 0.25) is 5.02 Å². The van der Waals surface area contributed by atoms with E-state index in [1.54, 1.807) is 18.2 Å². The number of aliphatic carboxylic acids is 2. The van der Waals surface area contributed by atoms with Crippen LogP contribution in [0.4, 0.5) is 16.2 Å². The molecular formula is C24H27ClN4O7S. The fourth-order valence-corrected chi connectivity index (χ4v) is 6.17. The Balaban J connectivity index is 1.43. The van der Waals surface area contributed by atoms with E-state index in [1.807, 2.05) is 18.2 Å². The van der Waals surface area contributed by atoms with Gasteiger partial charge in [-0.05, 0) is 54.8 Å². The molecule has 2 heterocycles. The van der Waals surface area contributed by atoms with Crippen molar-refractivity contribution in [2.45, 2.75) is 30.2 Å². The number of piperazine rings is 1. The van der Waals surface area contributed by atoms with Gasteiger partial charge in [-0.3, -0.25) is 9.69 Å². The van der Waals surface area contributed by atoms with Gasteiger partial charge in [-0.15, -0.1) is 0 Å². The molecule has 4 rings (SSSR count). The lowest BCUT2D eigenvalue weighted by molar-refractivity contribution is -0.140. The van der Waals surface area contributed by atoms with Gasteiger partial charge in [-0.25, -0.2) is 18.0 Å². The maximum atomic E-state index is 13.3. The molecule has 11 nitrogen and oxygen atoms in total. The van der Waals surface area contributed by atoms with E-state index in [0.29, 0.717) is 48.9 Å². The maximum Gasteiger partial charge on any atom is 0.326 e. The number of carbonyl (C=O) groups excluding carboxylic acids is 1. The first-order chi connectivity index (χ1) is 17.6. The molecule has 2 aromatic carbocycles. The van der Waals surface area contributed by atoms with Crippen molar-refractivity contribution in [3.8, 4) is 0 Å². The van der Waals surface area contributed by atoms with E-state index in [1.165, 1.54) is 15.3 Å². The Hall–Kier alpha value is -3.35. The monoisotopic (exact) mass is 550 g/mol. The van der Waals surface area contributed by atoms with E-state index in [2.05, 4.69) is 10.2 Å². The number of halogens is 1. The second-order valence-electron chi connectivity index (χ2n) is 8.84. The first-order valence-electron chi connectivity index (χ1n) is 11.7. The number of nitrogens with zero attached hydrogens (tertiary/aromatic N) is 3. The molecule has 0 saturated carbocycles. The van der Waals surface area contributed by atoms with Crippen LogP contribution in [0.25, 0.3) is 0 Å². The number of hydrogen-bond donors (Lipinski definition) is 3. The van der Waals surface area contributed by atoms with E-state index in [0.717, 1.165) is 5.69 Å². The van der Waals surface area contributed by atoms with Crippen molar-refractivity contribution in [1.82, 2.24) is 9.62 Å². The zero-order valence-electron chi connectivity index (χ0n) is 19.8. The molecule has 1 saturated heterocycles.